The maximum Gasteiger partial charge on any atom is 0.410 e. The number of rotatable bonds is 4. The average Bonchev–Trinajstić information content (AvgIpc) is 3.72. The summed E-state index contributed by atoms with van der Waals surface area (Å²) >= 11 is 0. The Morgan fingerprint density at radius 1 is 1.13 bits per heavy atom. The van der Waals surface area contributed by atoms with Crippen LogP contribution >= 0.6 is 0 Å². The molecule has 2 aromatic heterocycles. The standard InChI is InChI=1S/C39H39F3N6O4/c1-5-24-26(41)12-10-21-8-6-9-25(29(21)24)32-31(42)33-30-34(45-36(44-33)51-20-39-14-7-15-46(39)17-22(40)16-39)47-18-23-11-13-27(28(47)19-50-35(30)43-32)48(23)37(49)52-38(2,3)4/h1,6,8-10,12,22-23,27-28H,7,11,13-20H2,2-4H3/t22-,23-,27+,28-,39+/m1/s1/i1D. The number of anilines is 1. The number of aromatic nitrogens is 3. The number of terminal acetylenes is 1. The Hall–Kier alpha value is -4.83. The zero-order valence-electron chi connectivity index (χ0n) is 30.2. The van der Waals surface area contributed by atoms with E-state index in [1.54, 1.807) is 24.3 Å². The number of carbonyl (C=O) groups is 1. The van der Waals surface area contributed by atoms with E-state index in [2.05, 4.69) is 20.7 Å². The summed E-state index contributed by atoms with van der Waals surface area (Å²) in [7, 11) is 0. The van der Waals surface area contributed by atoms with E-state index in [1.165, 1.54) is 6.07 Å². The van der Waals surface area contributed by atoms with Crippen LogP contribution in [0.5, 0.6) is 11.9 Å². The molecule has 4 fully saturated rings. The first-order valence-corrected chi connectivity index (χ1v) is 17.9. The molecular formula is C39H39F3N6O4. The molecule has 0 N–H and O–H groups in total. The van der Waals surface area contributed by atoms with E-state index in [4.69, 9.17) is 25.5 Å². The highest BCUT2D eigenvalue weighted by Gasteiger charge is 2.52. The minimum atomic E-state index is -0.959. The lowest BCUT2D eigenvalue weighted by atomic mass is 9.95. The van der Waals surface area contributed by atoms with E-state index >= 15 is 8.78 Å². The molecule has 0 aliphatic carbocycles. The number of hydrogen-bond donors (Lipinski definition) is 0. The van der Waals surface area contributed by atoms with Gasteiger partial charge in [0.25, 0.3) is 0 Å². The Morgan fingerprint density at radius 3 is 2.83 bits per heavy atom. The second kappa shape index (κ2) is 11.8. The van der Waals surface area contributed by atoms with Crippen molar-refractivity contribution in [2.24, 2.45) is 0 Å². The van der Waals surface area contributed by atoms with Crippen LogP contribution in [0.4, 0.5) is 23.8 Å². The van der Waals surface area contributed by atoms with Gasteiger partial charge in [0.15, 0.2) is 5.82 Å². The Labute approximate surface area is 300 Å². The second-order valence-corrected chi connectivity index (χ2v) is 15.7. The quantitative estimate of drug-likeness (QED) is 0.223. The van der Waals surface area contributed by atoms with Gasteiger partial charge in [-0.3, -0.25) is 9.80 Å². The lowest BCUT2D eigenvalue weighted by Crippen LogP contribution is -2.63. The fourth-order valence-electron chi connectivity index (χ4n) is 9.23. The molecule has 10 nitrogen and oxygen atoms in total. The number of nitrogens with zero attached hydrogens (tertiary/aromatic N) is 6. The van der Waals surface area contributed by atoms with Gasteiger partial charge in [-0.2, -0.15) is 9.97 Å². The molecule has 5 aliphatic rings. The van der Waals surface area contributed by atoms with Crippen molar-refractivity contribution < 1.29 is 33.5 Å². The molecule has 4 saturated heterocycles. The Balaban J connectivity index is 1.20. The predicted octanol–water partition coefficient (Wildman–Crippen LogP) is 6.41. The minimum Gasteiger partial charge on any atom is -0.475 e. The van der Waals surface area contributed by atoms with Gasteiger partial charge in [-0.25, -0.2) is 22.9 Å². The van der Waals surface area contributed by atoms with E-state index in [0.29, 0.717) is 42.5 Å². The molecule has 7 heterocycles. The molecule has 9 rings (SSSR count). The number of piperazine rings is 1. The number of amides is 1. The van der Waals surface area contributed by atoms with Crippen molar-refractivity contribution in [2.45, 2.75) is 88.3 Å². The highest BCUT2D eigenvalue weighted by molar-refractivity contribution is 6.03. The number of alkyl halides is 1. The van der Waals surface area contributed by atoms with Gasteiger partial charge in [-0.1, -0.05) is 30.2 Å². The lowest BCUT2D eigenvalue weighted by molar-refractivity contribution is 0.00538. The zero-order valence-corrected chi connectivity index (χ0v) is 29.2. The maximum absolute atomic E-state index is 17.3. The first-order chi connectivity index (χ1) is 25.4. The number of benzene rings is 2. The Kier molecular flexibility index (Phi) is 7.26. The topological polar surface area (TPSA) is 93.2 Å². The van der Waals surface area contributed by atoms with Crippen LogP contribution in [0.3, 0.4) is 0 Å². The van der Waals surface area contributed by atoms with Gasteiger partial charge in [-0.05, 0) is 64.5 Å². The third-order valence-corrected chi connectivity index (χ3v) is 11.4. The first kappa shape index (κ1) is 31.9. The van der Waals surface area contributed by atoms with Gasteiger partial charge >= 0.3 is 12.1 Å². The van der Waals surface area contributed by atoms with Gasteiger partial charge in [0.2, 0.25) is 5.88 Å². The largest absolute Gasteiger partial charge is 0.475 e. The van der Waals surface area contributed by atoms with E-state index in [9.17, 15) is 9.18 Å². The summed E-state index contributed by atoms with van der Waals surface area (Å²) in [6.07, 6.45) is 4.17. The van der Waals surface area contributed by atoms with E-state index in [0.717, 1.165) is 25.8 Å². The maximum atomic E-state index is 17.3. The number of ether oxygens (including phenoxy) is 3. The molecule has 4 aromatic rings. The van der Waals surface area contributed by atoms with Gasteiger partial charge in [0, 0.05) is 30.5 Å². The summed E-state index contributed by atoms with van der Waals surface area (Å²) in [4.78, 5) is 33.8. The molecule has 2 bridgehead atoms. The van der Waals surface area contributed by atoms with Crippen LogP contribution in [-0.2, 0) is 4.74 Å². The van der Waals surface area contributed by atoms with Gasteiger partial charge < -0.3 is 19.1 Å². The molecule has 2 aromatic carbocycles. The number of hydrogen-bond acceptors (Lipinski definition) is 9. The van der Waals surface area contributed by atoms with Gasteiger partial charge in [0.1, 0.15) is 54.6 Å². The lowest BCUT2D eigenvalue weighted by Gasteiger charge is -2.46. The third-order valence-electron chi connectivity index (χ3n) is 11.4. The third kappa shape index (κ3) is 5.12. The van der Waals surface area contributed by atoms with Crippen LogP contribution < -0.4 is 14.4 Å². The van der Waals surface area contributed by atoms with Crippen LogP contribution in [-0.4, -0.2) is 99.1 Å². The summed E-state index contributed by atoms with van der Waals surface area (Å²) < 4.78 is 73.3. The molecule has 13 heteroatoms. The highest BCUT2D eigenvalue weighted by Crippen LogP contribution is 2.47. The number of fused-ring (bicyclic) bond motifs is 7. The SMILES string of the molecule is [2H]C#Cc1c(F)ccc2cccc(-c3nc4c5c(nc(OC[C@@]67CCCN6C[C@H](F)C7)nc5c3F)N3C[C@H]5CC[C@@H]([C@H]3CO4)N5C(=O)OC(C)(C)C)c12. The predicted molar refractivity (Wildman–Crippen MR) is 188 cm³/mol. The molecule has 1 amide bonds. The summed E-state index contributed by atoms with van der Waals surface area (Å²) in [5.74, 6) is 1.55. The minimum absolute atomic E-state index is 0.0490. The normalized spacial score (nSPS) is 26.7. The molecule has 270 valence electrons. The summed E-state index contributed by atoms with van der Waals surface area (Å²) in [5.41, 5.74) is -1.21. The number of halogens is 3. The van der Waals surface area contributed by atoms with Crippen molar-refractivity contribution in [2.75, 3.05) is 37.7 Å². The van der Waals surface area contributed by atoms with E-state index in [1.807, 2.05) is 32.1 Å². The summed E-state index contributed by atoms with van der Waals surface area (Å²) in [6.45, 7) is 7.26. The summed E-state index contributed by atoms with van der Waals surface area (Å²) in [6, 6.07) is 7.01. The molecule has 5 atom stereocenters. The molecule has 5 aliphatic heterocycles. The molecule has 52 heavy (non-hydrogen) atoms. The highest BCUT2D eigenvalue weighted by atomic mass is 19.1. The van der Waals surface area contributed by atoms with Crippen LogP contribution in [0.2, 0.25) is 0 Å². The van der Waals surface area contributed by atoms with E-state index < -0.39 is 35.0 Å². The zero-order chi connectivity index (χ0) is 36.8. The molecule has 0 radical (unpaired) electrons. The fourth-order valence-corrected chi connectivity index (χ4v) is 9.23. The van der Waals surface area contributed by atoms with Crippen molar-refractivity contribution in [1.29, 1.82) is 0 Å². The van der Waals surface area contributed by atoms with Crippen molar-refractivity contribution in [1.82, 2.24) is 24.8 Å². The molecule has 0 unspecified atom stereocenters. The fraction of sp³-hybridized carbons (Fsp3) is 0.487. The van der Waals surface area contributed by atoms with Crippen LogP contribution in [0.25, 0.3) is 32.9 Å². The van der Waals surface area contributed by atoms with Crippen molar-refractivity contribution in [3.8, 4) is 35.5 Å². The number of pyridine rings is 1. The number of carbonyl (C=O) groups excluding carboxylic acids is 1. The van der Waals surface area contributed by atoms with Gasteiger partial charge in [0.05, 0.1) is 29.2 Å². The van der Waals surface area contributed by atoms with Crippen molar-refractivity contribution in [3.05, 3.63) is 47.5 Å². The molecule has 0 saturated carbocycles. The van der Waals surface area contributed by atoms with E-state index in [-0.39, 0.29) is 71.0 Å². The second-order valence-electron chi connectivity index (χ2n) is 15.7. The van der Waals surface area contributed by atoms with Gasteiger partial charge in [-0.15, -0.1) is 6.40 Å². The Morgan fingerprint density at radius 2 is 2.00 bits per heavy atom. The van der Waals surface area contributed by atoms with Crippen LogP contribution in [0.1, 0.15) is 59.8 Å². The molecular weight excluding hydrogens is 673 g/mol. The van der Waals surface area contributed by atoms with Crippen LogP contribution in [0, 0.1) is 24.0 Å². The smallest absolute Gasteiger partial charge is 0.410 e. The first-order valence-electron chi connectivity index (χ1n) is 18.4. The van der Waals surface area contributed by atoms with Crippen LogP contribution in [0.15, 0.2) is 30.3 Å². The summed E-state index contributed by atoms with van der Waals surface area (Å²) in [5, 5.41) is 1.14. The average molecular weight is 714 g/mol. The van der Waals surface area contributed by atoms with Crippen molar-refractivity contribution >= 4 is 33.6 Å². The molecule has 0 spiro atoms. The monoisotopic (exact) mass is 713 g/mol. The van der Waals surface area contributed by atoms with Crippen molar-refractivity contribution in [3.63, 3.8) is 0 Å². The Bertz CT molecular complexity index is 2240.